The summed E-state index contributed by atoms with van der Waals surface area (Å²) in [6.45, 7) is 2.06. The first-order chi connectivity index (χ1) is 9.24. The van der Waals surface area contributed by atoms with E-state index in [0.29, 0.717) is 0 Å². The average Bonchev–Trinajstić information content (AvgIpc) is 2.44. The van der Waals surface area contributed by atoms with Gasteiger partial charge < -0.3 is 5.11 Å². The lowest BCUT2D eigenvalue weighted by Gasteiger charge is -2.08. The fourth-order valence-corrected chi connectivity index (χ4v) is 2.88. The first kappa shape index (κ1) is 12.1. The van der Waals surface area contributed by atoms with Gasteiger partial charge in [-0.2, -0.15) is 0 Å². The third kappa shape index (κ3) is 2.42. The Balaban J connectivity index is 2.09. The Labute approximate surface area is 116 Å². The molecule has 19 heavy (non-hydrogen) atoms. The Morgan fingerprint density at radius 2 is 1.74 bits per heavy atom. The largest absolute Gasteiger partial charge is 0.505 e. The molecule has 3 heteroatoms. The fourth-order valence-electron chi connectivity index (χ4n) is 1.94. The zero-order valence-electron chi connectivity index (χ0n) is 10.5. The standard InChI is InChI=1S/C16H13NOS/c1-11-6-8-12(9-7-11)19-16-13-4-2-3-5-14(13)17-10-15(16)18/h2-10,18H,1H3. The summed E-state index contributed by atoms with van der Waals surface area (Å²) in [6, 6.07) is 16.1. The van der Waals surface area contributed by atoms with E-state index >= 15 is 0 Å². The van der Waals surface area contributed by atoms with Crippen LogP contribution < -0.4 is 0 Å². The van der Waals surface area contributed by atoms with Gasteiger partial charge >= 0.3 is 0 Å². The lowest BCUT2D eigenvalue weighted by molar-refractivity contribution is 0.461. The Hall–Kier alpha value is -2.00. The van der Waals surface area contributed by atoms with Crippen molar-refractivity contribution in [1.29, 1.82) is 0 Å². The molecule has 2 nitrogen and oxygen atoms in total. The van der Waals surface area contributed by atoms with Crippen molar-refractivity contribution < 1.29 is 5.11 Å². The van der Waals surface area contributed by atoms with Crippen molar-refractivity contribution in [2.75, 3.05) is 0 Å². The number of benzene rings is 2. The number of aromatic hydroxyl groups is 1. The highest BCUT2D eigenvalue weighted by Crippen LogP contribution is 2.38. The minimum absolute atomic E-state index is 0.226. The maximum atomic E-state index is 10.0. The molecule has 0 fully saturated rings. The fraction of sp³-hybridized carbons (Fsp3) is 0.0625. The molecule has 2 aromatic carbocycles. The van der Waals surface area contributed by atoms with Crippen molar-refractivity contribution in [1.82, 2.24) is 4.98 Å². The average molecular weight is 267 g/mol. The van der Waals surface area contributed by atoms with Crippen LogP contribution in [-0.4, -0.2) is 10.1 Å². The molecule has 0 saturated heterocycles. The van der Waals surface area contributed by atoms with Crippen molar-refractivity contribution in [3.8, 4) is 5.75 Å². The van der Waals surface area contributed by atoms with Gasteiger partial charge in [0.2, 0.25) is 0 Å². The number of nitrogens with zero attached hydrogens (tertiary/aromatic N) is 1. The summed E-state index contributed by atoms with van der Waals surface area (Å²) in [6.07, 6.45) is 1.51. The summed E-state index contributed by atoms with van der Waals surface area (Å²) in [5, 5.41) is 11.0. The maximum absolute atomic E-state index is 10.0. The Kier molecular flexibility index (Phi) is 3.13. The molecule has 0 amide bonds. The van der Waals surface area contributed by atoms with E-state index in [0.717, 1.165) is 20.7 Å². The Morgan fingerprint density at radius 3 is 2.53 bits per heavy atom. The quantitative estimate of drug-likeness (QED) is 0.747. The van der Waals surface area contributed by atoms with E-state index in [2.05, 4.69) is 36.2 Å². The smallest absolute Gasteiger partial charge is 0.148 e. The summed E-state index contributed by atoms with van der Waals surface area (Å²) < 4.78 is 0. The van der Waals surface area contributed by atoms with Gasteiger partial charge in [0.05, 0.1) is 16.6 Å². The molecule has 0 bridgehead atoms. The van der Waals surface area contributed by atoms with Gasteiger partial charge in [0.1, 0.15) is 5.75 Å². The van der Waals surface area contributed by atoms with Crippen LogP contribution in [0.4, 0.5) is 0 Å². The molecule has 0 aliphatic heterocycles. The molecule has 94 valence electrons. The highest BCUT2D eigenvalue weighted by molar-refractivity contribution is 7.99. The van der Waals surface area contributed by atoms with Crippen LogP contribution in [0.25, 0.3) is 10.9 Å². The van der Waals surface area contributed by atoms with E-state index in [9.17, 15) is 5.11 Å². The van der Waals surface area contributed by atoms with Crippen LogP contribution in [0.5, 0.6) is 5.75 Å². The van der Waals surface area contributed by atoms with Crippen molar-refractivity contribution in [3.63, 3.8) is 0 Å². The van der Waals surface area contributed by atoms with Gasteiger partial charge in [-0.25, -0.2) is 0 Å². The summed E-state index contributed by atoms with van der Waals surface area (Å²) in [4.78, 5) is 6.20. The zero-order valence-corrected chi connectivity index (χ0v) is 11.3. The SMILES string of the molecule is Cc1ccc(Sc2c(O)cnc3ccccc23)cc1. The molecule has 3 rings (SSSR count). The van der Waals surface area contributed by atoms with Crippen LogP contribution in [0.1, 0.15) is 5.56 Å². The molecule has 0 aliphatic rings. The second-order valence-corrected chi connectivity index (χ2v) is 5.49. The van der Waals surface area contributed by atoms with Gasteiger partial charge in [-0.1, -0.05) is 47.7 Å². The van der Waals surface area contributed by atoms with Crippen molar-refractivity contribution >= 4 is 22.7 Å². The monoisotopic (exact) mass is 267 g/mol. The molecule has 1 aromatic heterocycles. The lowest BCUT2D eigenvalue weighted by Crippen LogP contribution is -1.83. The number of hydrogen-bond donors (Lipinski definition) is 1. The van der Waals surface area contributed by atoms with Crippen LogP contribution in [-0.2, 0) is 0 Å². The third-order valence-corrected chi connectivity index (χ3v) is 4.09. The number of rotatable bonds is 2. The molecule has 0 atom stereocenters. The lowest BCUT2D eigenvalue weighted by atomic mass is 10.2. The molecular formula is C16H13NOS. The predicted octanol–water partition coefficient (Wildman–Crippen LogP) is 4.40. The van der Waals surface area contributed by atoms with Crippen molar-refractivity contribution in [2.45, 2.75) is 16.7 Å². The van der Waals surface area contributed by atoms with Crippen molar-refractivity contribution in [2.24, 2.45) is 0 Å². The van der Waals surface area contributed by atoms with Gasteiger partial charge in [-0.05, 0) is 25.1 Å². The number of aryl methyl sites for hydroxylation is 1. The van der Waals surface area contributed by atoms with Gasteiger partial charge in [0, 0.05) is 10.3 Å². The molecule has 1 N–H and O–H groups in total. The van der Waals surface area contributed by atoms with Crippen LogP contribution in [0.2, 0.25) is 0 Å². The van der Waals surface area contributed by atoms with Crippen molar-refractivity contribution in [3.05, 3.63) is 60.3 Å². The predicted molar refractivity (Wildman–Crippen MR) is 78.7 cm³/mol. The highest BCUT2D eigenvalue weighted by Gasteiger charge is 2.09. The number of fused-ring (bicyclic) bond motifs is 1. The Morgan fingerprint density at radius 1 is 1.00 bits per heavy atom. The zero-order chi connectivity index (χ0) is 13.2. The summed E-state index contributed by atoms with van der Waals surface area (Å²) in [5.41, 5.74) is 2.13. The van der Waals surface area contributed by atoms with E-state index in [1.165, 1.54) is 11.8 Å². The van der Waals surface area contributed by atoms with E-state index in [-0.39, 0.29) is 5.75 Å². The first-order valence-corrected chi connectivity index (χ1v) is 6.87. The van der Waals surface area contributed by atoms with Gasteiger partial charge in [0.15, 0.2) is 0 Å². The molecule has 1 heterocycles. The number of hydrogen-bond acceptors (Lipinski definition) is 3. The van der Waals surface area contributed by atoms with E-state index < -0.39 is 0 Å². The number of pyridine rings is 1. The minimum Gasteiger partial charge on any atom is -0.505 e. The van der Waals surface area contributed by atoms with E-state index in [4.69, 9.17) is 0 Å². The second-order valence-electron chi connectivity index (χ2n) is 4.40. The normalized spacial score (nSPS) is 10.8. The molecular weight excluding hydrogens is 254 g/mol. The van der Waals surface area contributed by atoms with E-state index in [1.54, 1.807) is 11.8 Å². The third-order valence-electron chi connectivity index (χ3n) is 2.95. The summed E-state index contributed by atoms with van der Waals surface area (Å²) in [5.74, 6) is 0.226. The molecule has 0 aliphatic carbocycles. The molecule has 0 spiro atoms. The molecule has 0 saturated carbocycles. The first-order valence-electron chi connectivity index (χ1n) is 6.05. The molecule has 0 radical (unpaired) electrons. The van der Waals surface area contributed by atoms with Crippen LogP contribution in [0, 0.1) is 6.92 Å². The number of para-hydroxylation sites is 1. The highest BCUT2D eigenvalue weighted by atomic mass is 32.2. The number of aromatic nitrogens is 1. The van der Waals surface area contributed by atoms with E-state index in [1.807, 2.05) is 24.3 Å². The van der Waals surface area contributed by atoms with Crippen LogP contribution in [0.15, 0.2) is 64.5 Å². The van der Waals surface area contributed by atoms with Gasteiger partial charge in [-0.3, -0.25) is 4.98 Å². The minimum atomic E-state index is 0.226. The topological polar surface area (TPSA) is 33.1 Å². The molecule has 0 unspecified atom stereocenters. The maximum Gasteiger partial charge on any atom is 0.148 e. The summed E-state index contributed by atoms with van der Waals surface area (Å²) >= 11 is 1.56. The van der Waals surface area contributed by atoms with Gasteiger partial charge in [-0.15, -0.1) is 0 Å². The van der Waals surface area contributed by atoms with Crippen LogP contribution >= 0.6 is 11.8 Å². The second kappa shape index (κ2) is 4.94. The Bertz CT molecular complexity index is 722. The molecule has 3 aromatic rings. The summed E-state index contributed by atoms with van der Waals surface area (Å²) in [7, 11) is 0. The van der Waals surface area contributed by atoms with Gasteiger partial charge in [0.25, 0.3) is 0 Å². The van der Waals surface area contributed by atoms with Crippen LogP contribution in [0.3, 0.4) is 0 Å².